The van der Waals surface area contributed by atoms with E-state index in [1.54, 1.807) is 0 Å². The molecule has 1 fully saturated rings. The van der Waals surface area contributed by atoms with Gasteiger partial charge in [-0.05, 0) is 25.8 Å². The summed E-state index contributed by atoms with van der Waals surface area (Å²) in [4.78, 5) is 0. The SMILES string of the molecule is CCn1nccc1CNC1(CO)CC1. The molecule has 4 heteroatoms. The molecule has 1 aromatic heterocycles. The highest BCUT2D eigenvalue weighted by molar-refractivity contribution is 5.06. The minimum atomic E-state index is 0.0167. The van der Waals surface area contributed by atoms with Crippen LogP contribution >= 0.6 is 0 Å². The van der Waals surface area contributed by atoms with Crippen LogP contribution < -0.4 is 5.32 Å². The smallest absolute Gasteiger partial charge is 0.0613 e. The minimum absolute atomic E-state index is 0.0167. The summed E-state index contributed by atoms with van der Waals surface area (Å²) in [5, 5.41) is 16.7. The molecule has 1 aliphatic carbocycles. The zero-order chi connectivity index (χ0) is 10.0. The van der Waals surface area contributed by atoms with Crippen molar-refractivity contribution in [2.24, 2.45) is 0 Å². The first-order chi connectivity index (χ1) is 6.79. The van der Waals surface area contributed by atoms with E-state index < -0.39 is 0 Å². The maximum Gasteiger partial charge on any atom is 0.0613 e. The normalized spacial score (nSPS) is 18.4. The Hall–Kier alpha value is -0.870. The van der Waals surface area contributed by atoms with Crippen molar-refractivity contribution in [2.75, 3.05) is 6.61 Å². The van der Waals surface area contributed by atoms with Gasteiger partial charge in [-0.25, -0.2) is 0 Å². The van der Waals surface area contributed by atoms with Crippen LogP contribution in [-0.2, 0) is 13.1 Å². The fraction of sp³-hybridized carbons (Fsp3) is 0.700. The summed E-state index contributed by atoms with van der Waals surface area (Å²) in [6, 6.07) is 2.02. The number of hydrogen-bond acceptors (Lipinski definition) is 3. The Morgan fingerprint density at radius 2 is 2.43 bits per heavy atom. The van der Waals surface area contributed by atoms with Crippen LogP contribution in [0.5, 0.6) is 0 Å². The molecule has 0 atom stereocenters. The number of aryl methyl sites for hydroxylation is 1. The average Bonchev–Trinajstić information content (AvgIpc) is 2.86. The molecule has 78 valence electrons. The van der Waals surface area contributed by atoms with E-state index in [0.717, 1.165) is 25.9 Å². The Morgan fingerprint density at radius 3 is 3.00 bits per heavy atom. The quantitative estimate of drug-likeness (QED) is 0.720. The predicted octanol–water partition coefficient (Wildman–Crippen LogP) is 0.517. The molecule has 0 aromatic carbocycles. The average molecular weight is 195 g/mol. The summed E-state index contributed by atoms with van der Waals surface area (Å²) in [5.41, 5.74) is 1.20. The molecular formula is C10H17N3O. The predicted molar refractivity (Wildman–Crippen MR) is 53.8 cm³/mol. The van der Waals surface area contributed by atoms with Crippen molar-refractivity contribution in [3.8, 4) is 0 Å². The molecule has 0 amide bonds. The van der Waals surface area contributed by atoms with Crippen molar-refractivity contribution >= 4 is 0 Å². The first-order valence-corrected chi connectivity index (χ1v) is 5.16. The van der Waals surface area contributed by atoms with Gasteiger partial charge >= 0.3 is 0 Å². The van der Waals surface area contributed by atoms with E-state index in [9.17, 15) is 0 Å². The van der Waals surface area contributed by atoms with E-state index in [2.05, 4.69) is 17.3 Å². The zero-order valence-electron chi connectivity index (χ0n) is 8.53. The van der Waals surface area contributed by atoms with Crippen molar-refractivity contribution in [1.29, 1.82) is 0 Å². The van der Waals surface area contributed by atoms with E-state index in [1.165, 1.54) is 5.69 Å². The highest BCUT2D eigenvalue weighted by Gasteiger charge is 2.41. The topological polar surface area (TPSA) is 50.1 Å². The maximum absolute atomic E-state index is 9.13. The van der Waals surface area contributed by atoms with Gasteiger partial charge < -0.3 is 10.4 Å². The number of nitrogens with zero attached hydrogens (tertiary/aromatic N) is 2. The molecular weight excluding hydrogens is 178 g/mol. The fourth-order valence-electron chi connectivity index (χ4n) is 1.61. The van der Waals surface area contributed by atoms with E-state index in [1.807, 2.05) is 16.9 Å². The van der Waals surface area contributed by atoms with Crippen molar-refractivity contribution < 1.29 is 5.11 Å². The molecule has 1 aromatic rings. The van der Waals surface area contributed by atoms with Gasteiger partial charge in [0.25, 0.3) is 0 Å². The third kappa shape index (κ3) is 1.81. The van der Waals surface area contributed by atoms with Gasteiger partial charge in [-0.2, -0.15) is 5.10 Å². The second-order valence-corrected chi connectivity index (χ2v) is 3.93. The molecule has 14 heavy (non-hydrogen) atoms. The third-order valence-electron chi connectivity index (χ3n) is 2.90. The molecule has 0 spiro atoms. The minimum Gasteiger partial charge on any atom is -0.394 e. The van der Waals surface area contributed by atoms with E-state index in [4.69, 9.17) is 5.11 Å². The Labute approximate surface area is 83.9 Å². The van der Waals surface area contributed by atoms with Gasteiger partial charge in [0.15, 0.2) is 0 Å². The summed E-state index contributed by atoms with van der Waals surface area (Å²) in [7, 11) is 0. The Balaban J connectivity index is 1.91. The molecule has 0 bridgehead atoms. The molecule has 4 nitrogen and oxygen atoms in total. The van der Waals surface area contributed by atoms with Crippen LogP contribution in [0.25, 0.3) is 0 Å². The van der Waals surface area contributed by atoms with Crippen LogP contribution in [0.1, 0.15) is 25.5 Å². The van der Waals surface area contributed by atoms with Crippen LogP contribution in [-0.4, -0.2) is 27.0 Å². The van der Waals surface area contributed by atoms with Crippen LogP contribution in [0.3, 0.4) is 0 Å². The lowest BCUT2D eigenvalue weighted by Crippen LogP contribution is -2.34. The van der Waals surface area contributed by atoms with Gasteiger partial charge in [0, 0.05) is 24.8 Å². The highest BCUT2D eigenvalue weighted by Crippen LogP contribution is 2.34. The number of rotatable bonds is 5. The van der Waals surface area contributed by atoms with Crippen LogP contribution in [0.4, 0.5) is 0 Å². The van der Waals surface area contributed by atoms with E-state index in [-0.39, 0.29) is 12.1 Å². The lowest BCUT2D eigenvalue weighted by molar-refractivity contribution is 0.228. The summed E-state index contributed by atoms with van der Waals surface area (Å²) in [6.45, 7) is 4.02. The molecule has 1 saturated carbocycles. The van der Waals surface area contributed by atoms with Gasteiger partial charge in [-0.3, -0.25) is 4.68 Å². The van der Waals surface area contributed by atoms with Crippen LogP contribution in [0, 0.1) is 0 Å². The summed E-state index contributed by atoms with van der Waals surface area (Å²) in [6.07, 6.45) is 3.99. The first-order valence-electron chi connectivity index (χ1n) is 5.16. The van der Waals surface area contributed by atoms with Gasteiger partial charge in [-0.1, -0.05) is 0 Å². The lowest BCUT2D eigenvalue weighted by atomic mass is 10.3. The van der Waals surface area contributed by atoms with Crippen molar-refractivity contribution in [3.05, 3.63) is 18.0 Å². The Bertz CT molecular complexity index is 304. The molecule has 0 radical (unpaired) electrons. The Kier molecular flexibility index (Phi) is 2.56. The second kappa shape index (κ2) is 3.71. The molecule has 0 unspecified atom stereocenters. The highest BCUT2D eigenvalue weighted by atomic mass is 16.3. The van der Waals surface area contributed by atoms with Crippen molar-refractivity contribution in [3.63, 3.8) is 0 Å². The standard InChI is InChI=1S/C10H17N3O/c1-2-13-9(3-6-12-13)7-11-10(8-14)4-5-10/h3,6,11,14H,2,4-5,7-8H2,1H3. The monoisotopic (exact) mass is 195 g/mol. The number of aliphatic hydroxyl groups excluding tert-OH is 1. The number of aliphatic hydroxyl groups is 1. The molecule has 0 aliphatic heterocycles. The van der Waals surface area contributed by atoms with Crippen LogP contribution in [0.15, 0.2) is 12.3 Å². The largest absolute Gasteiger partial charge is 0.394 e. The number of nitrogens with one attached hydrogen (secondary N) is 1. The van der Waals surface area contributed by atoms with Crippen molar-refractivity contribution in [2.45, 2.75) is 38.4 Å². The molecule has 1 aliphatic rings. The van der Waals surface area contributed by atoms with Crippen LogP contribution in [0.2, 0.25) is 0 Å². The molecule has 2 rings (SSSR count). The molecule has 0 saturated heterocycles. The summed E-state index contributed by atoms with van der Waals surface area (Å²) < 4.78 is 1.97. The lowest BCUT2D eigenvalue weighted by Gasteiger charge is -2.14. The first kappa shape index (κ1) is 9.68. The maximum atomic E-state index is 9.13. The molecule has 1 heterocycles. The fourth-order valence-corrected chi connectivity index (χ4v) is 1.61. The Morgan fingerprint density at radius 1 is 1.64 bits per heavy atom. The number of aromatic nitrogens is 2. The van der Waals surface area contributed by atoms with Gasteiger partial charge in [0.1, 0.15) is 0 Å². The second-order valence-electron chi connectivity index (χ2n) is 3.93. The third-order valence-corrected chi connectivity index (χ3v) is 2.90. The van der Waals surface area contributed by atoms with Gasteiger partial charge in [-0.15, -0.1) is 0 Å². The number of hydrogen-bond donors (Lipinski definition) is 2. The van der Waals surface area contributed by atoms with Gasteiger partial charge in [0.2, 0.25) is 0 Å². The van der Waals surface area contributed by atoms with E-state index >= 15 is 0 Å². The summed E-state index contributed by atoms with van der Waals surface area (Å²) >= 11 is 0. The zero-order valence-corrected chi connectivity index (χ0v) is 8.53. The summed E-state index contributed by atoms with van der Waals surface area (Å²) in [5.74, 6) is 0. The molecule has 2 N–H and O–H groups in total. The van der Waals surface area contributed by atoms with E-state index in [0.29, 0.717) is 0 Å². The van der Waals surface area contributed by atoms with Gasteiger partial charge in [0.05, 0.1) is 12.3 Å². The van der Waals surface area contributed by atoms with Crippen molar-refractivity contribution in [1.82, 2.24) is 15.1 Å².